The van der Waals surface area contributed by atoms with E-state index >= 15 is 0 Å². The van der Waals surface area contributed by atoms with Crippen molar-refractivity contribution in [2.75, 3.05) is 6.61 Å². The first-order chi connectivity index (χ1) is 14.0. The minimum atomic E-state index is -0.411. The van der Waals surface area contributed by atoms with Gasteiger partial charge >= 0.3 is 0 Å². The Bertz CT molecular complexity index is 1040. The summed E-state index contributed by atoms with van der Waals surface area (Å²) in [6, 6.07) is 11.0. The number of halogens is 3. The number of hydrogen-bond donors (Lipinski definition) is 1. The van der Waals surface area contributed by atoms with E-state index in [1.807, 2.05) is 0 Å². The first-order valence-corrected chi connectivity index (χ1v) is 9.50. The number of ketones is 1. The Morgan fingerprint density at radius 2 is 1.97 bits per heavy atom. The Labute approximate surface area is 178 Å². The number of Topliss-reactive ketones (excluding diaryl/α,β-unsaturated/α-hetero) is 1. The second-order valence-corrected chi connectivity index (χ2v) is 7.28. The SMILES string of the molecule is O=C(COc1ccc(Cl)cc1)Cc1nonc1C(Cc1ccc(F)c(Br)c1)=NO. The molecule has 0 radical (unpaired) electrons. The first-order valence-electron chi connectivity index (χ1n) is 8.33. The van der Waals surface area contributed by atoms with Crippen molar-refractivity contribution in [2.45, 2.75) is 12.8 Å². The predicted octanol–water partition coefficient (Wildman–Crippen LogP) is 4.24. The van der Waals surface area contributed by atoms with Gasteiger partial charge in [-0.1, -0.05) is 28.0 Å². The Morgan fingerprint density at radius 1 is 1.21 bits per heavy atom. The molecule has 0 aliphatic rings. The van der Waals surface area contributed by atoms with Gasteiger partial charge in [-0.05, 0) is 63.0 Å². The van der Waals surface area contributed by atoms with E-state index in [0.29, 0.717) is 16.3 Å². The number of aromatic nitrogens is 2. The number of rotatable bonds is 8. The molecule has 0 saturated heterocycles. The average molecular weight is 483 g/mol. The van der Waals surface area contributed by atoms with Gasteiger partial charge < -0.3 is 9.94 Å². The van der Waals surface area contributed by atoms with Crippen molar-refractivity contribution < 1.29 is 23.8 Å². The minimum Gasteiger partial charge on any atom is -0.486 e. The summed E-state index contributed by atoms with van der Waals surface area (Å²) >= 11 is 8.91. The monoisotopic (exact) mass is 481 g/mol. The second-order valence-electron chi connectivity index (χ2n) is 5.99. The standard InChI is InChI=1S/C19H14BrClFN3O4/c20-15-7-11(1-6-16(15)22)8-17(23-27)19-18(24-29-25-19)9-13(26)10-28-14-4-2-12(21)3-5-14/h1-7,27H,8-10H2. The molecule has 0 unspecified atom stereocenters. The van der Waals surface area contributed by atoms with E-state index in [0.717, 1.165) is 0 Å². The highest BCUT2D eigenvalue weighted by molar-refractivity contribution is 9.10. The van der Waals surface area contributed by atoms with Crippen molar-refractivity contribution >= 4 is 39.0 Å². The van der Waals surface area contributed by atoms with Gasteiger partial charge in [0.25, 0.3) is 0 Å². The lowest BCUT2D eigenvalue weighted by Gasteiger charge is -2.06. The number of oxime groups is 1. The fraction of sp³-hybridized carbons (Fsp3) is 0.158. The van der Waals surface area contributed by atoms with E-state index in [9.17, 15) is 14.4 Å². The quantitative estimate of drug-likeness (QED) is 0.293. The zero-order valence-electron chi connectivity index (χ0n) is 14.8. The fourth-order valence-corrected chi connectivity index (χ4v) is 3.04. The van der Waals surface area contributed by atoms with E-state index in [4.69, 9.17) is 21.0 Å². The summed E-state index contributed by atoms with van der Waals surface area (Å²) in [7, 11) is 0. The topological polar surface area (TPSA) is 97.8 Å². The first kappa shape index (κ1) is 20.9. The molecule has 0 fully saturated rings. The van der Waals surface area contributed by atoms with E-state index in [1.54, 1.807) is 36.4 Å². The van der Waals surface area contributed by atoms with Crippen LogP contribution in [0.3, 0.4) is 0 Å². The molecule has 0 amide bonds. The zero-order valence-corrected chi connectivity index (χ0v) is 17.2. The number of ether oxygens (including phenoxy) is 1. The maximum atomic E-state index is 13.4. The molecule has 1 heterocycles. The molecular formula is C19H14BrClFN3O4. The number of carbonyl (C=O) groups is 1. The highest BCUT2D eigenvalue weighted by Crippen LogP contribution is 2.19. The maximum Gasteiger partial charge on any atom is 0.176 e. The van der Waals surface area contributed by atoms with Gasteiger partial charge in [0.05, 0.1) is 10.9 Å². The number of benzene rings is 2. The molecule has 0 bridgehead atoms. The van der Waals surface area contributed by atoms with Gasteiger partial charge in [-0.3, -0.25) is 4.79 Å². The Balaban J connectivity index is 1.66. The van der Waals surface area contributed by atoms with Crippen LogP contribution < -0.4 is 4.74 Å². The molecule has 29 heavy (non-hydrogen) atoms. The van der Waals surface area contributed by atoms with Crippen molar-refractivity contribution in [3.63, 3.8) is 0 Å². The highest BCUT2D eigenvalue weighted by Gasteiger charge is 2.20. The lowest BCUT2D eigenvalue weighted by Crippen LogP contribution is -2.17. The summed E-state index contributed by atoms with van der Waals surface area (Å²) < 4.78 is 23.8. The van der Waals surface area contributed by atoms with Crippen molar-refractivity contribution in [2.24, 2.45) is 5.16 Å². The van der Waals surface area contributed by atoms with Crippen LogP contribution in [-0.2, 0) is 17.6 Å². The molecule has 150 valence electrons. The van der Waals surface area contributed by atoms with Crippen LogP contribution in [0.5, 0.6) is 5.75 Å². The maximum absolute atomic E-state index is 13.4. The van der Waals surface area contributed by atoms with Crippen LogP contribution in [0.15, 0.2) is 56.7 Å². The Hall–Kier alpha value is -2.78. The predicted molar refractivity (Wildman–Crippen MR) is 106 cm³/mol. The van der Waals surface area contributed by atoms with Crippen LogP contribution in [0.2, 0.25) is 5.02 Å². The third-order valence-electron chi connectivity index (χ3n) is 3.88. The summed E-state index contributed by atoms with van der Waals surface area (Å²) in [4.78, 5) is 12.2. The molecule has 3 rings (SSSR count). The van der Waals surface area contributed by atoms with E-state index in [1.165, 1.54) is 6.07 Å². The van der Waals surface area contributed by atoms with Gasteiger partial charge in [0.1, 0.15) is 29.6 Å². The molecule has 10 heteroatoms. The molecule has 0 aliphatic heterocycles. The van der Waals surface area contributed by atoms with Crippen molar-refractivity contribution in [1.82, 2.24) is 10.3 Å². The van der Waals surface area contributed by atoms with Crippen LogP contribution in [0.1, 0.15) is 17.0 Å². The van der Waals surface area contributed by atoms with Crippen LogP contribution in [0.25, 0.3) is 0 Å². The lowest BCUT2D eigenvalue weighted by molar-refractivity contribution is -0.120. The number of carbonyl (C=O) groups excluding carboxylic acids is 1. The normalized spacial score (nSPS) is 11.5. The highest BCUT2D eigenvalue weighted by atomic mass is 79.9. The lowest BCUT2D eigenvalue weighted by atomic mass is 10.0. The van der Waals surface area contributed by atoms with Gasteiger partial charge in [0.15, 0.2) is 11.5 Å². The molecule has 0 aliphatic carbocycles. The van der Waals surface area contributed by atoms with Gasteiger partial charge in [-0.15, -0.1) is 0 Å². The largest absolute Gasteiger partial charge is 0.486 e. The summed E-state index contributed by atoms with van der Waals surface area (Å²) in [5, 5.41) is 20.6. The molecular weight excluding hydrogens is 469 g/mol. The van der Waals surface area contributed by atoms with Gasteiger partial charge in [0, 0.05) is 11.4 Å². The molecule has 1 N–H and O–H groups in total. The molecule has 0 atom stereocenters. The van der Waals surface area contributed by atoms with Gasteiger partial charge in [-0.25, -0.2) is 9.02 Å². The molecule has 1 aromatic heterocycles. The average Bonchev–Trinajstić information content (AvgIpc) is 3.16. The zero-order chi connectivity index (χ0) is 20.8. The summed E-state index contributed by atoms with van der Waals surface area (Å²) in [5.41, 5.74) is 1.15. The van der Waals surface area contributed by atoms with Crippen molar-refractivity contribution in [1.29, 1.82) is 0 Å². The third-order valence-corrected chi connectivity index (χ3v) is 4.74. The summed E-state index contributed by atoms with van der Waals surface area (Å²) in [5.74, 6) is -0.189. The van der Waals surface area contributed by atoms with Crippen molar-refractivity contribution in [3.05, 3.63) is 74.7 Å². The molecule has 3 aromatic rings. The van der Waals surface area contributed by atoms with Crippen molar-refractivity contribution in [3.8, 4) is 5.75 Å². The van der Waals surface area contributed by atoms with Gasteiger partial charge in [0.2, 0.25) is 0 Å². The summed E-state index contributed by atoms with van der Waals surface area (Å²) in [6.07, 6.45) is 0.00458. The Morgan fingerprint density at radius 3 is 2.66 bits per heavy atom. The van der Waals surface area contributed by atoms with E-state index in [-0.39, 0.29) is 46.8 Å². The van der Waals surface area contributed by atoms with Crippen LogP contribution in [-0.4, -0.2) is 33.6 Å². The van der Waals surface area contributed by atoms with Crippen LogP contribution in [0, 0.1) is 5.82 Å². The Kier molecular flexibility index (Phi) is 6.95. The smallest absolute Gasteiger partial charge is 0.176 e. The fourth-order valence-electron chi connectivity index (χ4n) is 2.48. The molecule has 0 spiro atoms. The third kappa shape index (κ3) is 5.61. The van der Waals surface area contributed by atoms with E-state index < -0.39 is 5.82 Å². The minimum absolute atomic E-state index is 0.126. The van der Waals surface area contributed by atoms with Crippen LogP contribution >= 0.6 is 27.5 Å². The molecule has 2 aromatic carbocycles. The number of nitrogens with zero attached hydrogens (tertiary/aromatic N) is 3. The molecule has 7 nitrogen and oxygen atoms in total. The second kappa shape index (κ2) is 9.62. The van der Waals surface area contributed by atoms with Gasteiger partial charge in [-0.2, -0.15) is 0 Å². The number of hydrogen-bond acceptors (Lipinski definition) is 7. The summed E-state index contributed by atoms with van der Waals surface area (Å²) in [6.45, 7) is -0.190. The van der Waals surface area contributed by atoms with Crippen LogP contribution in [0.4, 0.5) is 4.39 Å². The van der Waals surface area contributed by atoms with E-state index in [2.05, 4.69) is 31.4 Å². The molecule has 0 saturated carbocycles.